The van der Waals surface area contributed by atoms with Gasteiger partial charge in [-0.2, -0.15) is 13.2 Å². The lowest BCUT2D eigenvalue weighted by molar-refractivity contribution is -0.691. The first kappa shape index (κ1) is 17.5. The van der Waals surface area contributed by atoms with Crippen LogP contribution in [-0.2, 0) is 11.0 Å². The number of nitrogens with one attached hydrogen (secondary N) is 1. The van der Waals surface area contributed by atoms with Crippen molar-refractivity contribution < 1.29 is 22.8 Å². The molecule has 2 aliphatic rings. The monoisotopic (exact) mass is 357 g/mol. The molecule has 2 atom stereocenters. The zero-order valence-electron chi connectivity index (χ0n) is 13.8. The summed E-state index contributed by atoms with van der Waals surface area (Å²) in [6.45, 7) is 2.92. The summed E-state index contributed by atoms with van der Waals surface area (Å²) >= 11 is 0. The molecule has 2 saturated heterocycles. The Labute approximate surface area is 143 Å². The summed E-state index contributed by atoms with van der Waals surface area (Å²) in [5, 5.41) is 4.50. The Hall–Kier alpha value is -2.32. The summed E-state index contributed by atoms with van der Waals surface area (Å²) in [4.78, 5) is 26.5. The first-order chi connectivity index (χ1) is 11.8. The molecule has 1 amide bonds. The number of carbonyl (C=O) groups excluding carboxylic acids is 1. The van der Waals surface area contributed by atoms with Crippen LogP contribution in [-0.4, -0.2) is 47.6 Å². The third-order valence-electron chi connectivity index (χ3n) is 4.61. The molecule has 0 saturated carbocycles. The number of amides is 1. The number of nitroso groups, excluding NO2 is 1. The summed E-state index contributed by atoms with van der Waals surface area (Å²) in [5.74, 6) is -0.118. The second kappa shape index (κ2) is 6.53. The highest BCUT2D eigenvalue weighted by Gasteiger charge is 2.47. The number of benzene rings is 1. The number of hydrogen-bond acceptors (Lipinski definition) is 3. The van der Waals surface area contributed by atoms with Gasteiger partial charge in [-0.05, 0) is 24.3 Å². The van der Waals surface area contributed by atoms with Crippen molar-refractivity contribution in [2.75, 3.05) is 24.5 Å². The van der Waals surface area contributed by atoms with Crippen LogP contribution in [0, 0.1) is 4.91 Å². The molecule has 0 bridgehead atoms. The lowest BCUT2D eigenvalue weighted by Crippen LogP contribution is -2.62. The molecule has 6 nitrogen and oxygen atoms in total. The third kappa shape index (κ3) is 3.54. The van der Waals surface area contributed by atoms with Gasteiger partial charge in [-0.25, -0.2) is 0 Å². The van der Waals surface area contributed by atoms with E-state index in [1.165, 1.54) is 12.1 Å². The number of fused-ring (bicyclic) bond motifs is 1. The molecule has 9 heteroatoms. The molecule has 1 aromatic rings. The van der Waals surface area contributed by atoms with Crippen LogP contribution in [0.1, 0.15) is 25.3 Å². The van der Waals surface area contributed by atoms with E-state index >= 15 is 0 Å². The molecule has 1 N–H and O–H groups in total. The summed E-state index contributed by atoms with van der Waals surface area (Å²) < 4.78 is 38.3. The van der Waals surface area contributed by atoms with Gasteiger partial charge in [0.1, 0.15) is 11.4 Å². The minimum atomic E-state index is -4.39. The number of hydrazine groups is 1. The minimum Gasteiger partial charge on any atom is -0.350 e. The van der Waals surface area contributed by atoms with E-state index in [0.29, 0.717) is 38.2 Å². The Morgan fingerprint density at radius 3 is 2.56 bits per heavy atom. The molecule has 0 aliphatic carbocycles. The SMILES string of the molecule is CCC(=O)NC1CN(c2ccc(C(F)(F)F)cc2)C2CC[N+](=O)N2C1. The Morgan fingerprint density at radius 2 is 1.96 bits per heavy atom. The molecular weight excluding hydrogens is 337 g/mol. The van der Waals surface area contributed by atoms with Crippen LogP contribution in [0.2, 0.25) is 0 Å². The summed E-state index contributed by atoms with van der Waals surface area (Å²) in [5.41, 5.74) is -0.105. The molecule has 0 aromatic heterocycles. The van der Waals surface area contributed by atoms with Crippen LogP contribution < -0.4 is 10.2 Å². The predicted octanol–water partition coefficient (Wildman–Crippen LogP) is 2.15. The number of carbonyl (C=O) groups is 1. The average molecular weight is 357 g/mol. The van der Waals surface area contributed by atoms with E-state index in [1.54, 1.807) is 11.9 Å². The Kier molecular flexibility index (Phi) is 4.57. The van der Waals surface area contributed by atoms with E-state index in [0.717, 1.165) is 17.0 Å². The zero-order chi connectivity index (χ0) is 18.2. The van der Waals surface area contributed by atoms with Crippen LogP contribution in [0.5, 0.6) is 0 Å². The van der Waals surface area contributed by atoms with Gasteiger partial charge in [0.25, 0.3) is 0 Å². The number of alkyl halides is 3. The molecular formula is C16H20F3N4O2+. The van der Waals surface area contributed by atoms with Crippen molar-refractivity contribution in [1.29, 1.82) is 0 Å². The number of halogens is 3. The highest BCUT2D eigenvalue weighted by Crippen LogP contribution is 2.33. The third-order valence-corrected chi connectivity index (χ3v) is 4.61. The molecule has 2 aliphatic heterocycles. The summed E-state index contributed by atoms with van der Waals surface area (Å²) in [6, 6.07) is 4.65. The standard InChI is InChI=1S/C16H19F3N4O2/c1-2-14(24)20-12-9-21(15-7-8-23(25)22(15)10-12)13-5-3-11(4-6-13)16(17,18)19/h3-6,12,15H,2,7-10H2,1H3/p+1. The van der Waals surface area contributed by atoms with Crippen LogP contribution >= 0.6 is 0 Å². The topological polar surface area (TPSA) is 55.7 Å². The zero-order valence-corrected chi connectivity index (χ0v) is 13.8. The second-order valence-electron chi connectivity index (χ2n) is 6.28. The van der Waals surface area contributed by atoms with Gasteiger partial charge in [0.2, 0.25) is 12.5 Å². The number of hydrogen-bond donors (Lipinski definition) is 1. The Balaban J connectivity index is 1.84. The van der Waals surface area contributed by atoms with Gasteiger partial charge in [-0.1, -0.05) is 6.92 Å². The van der Waals surface area contributed by atoms with Crippen LogP contribution in [0.3, 0.4) is 0 Å². The number of anilines is 1. The normalized spacial score (nSPS) is 23.6. The van der Waals surface area contributed by atoms with E-state index in [1.807, 2.05) is 4.90 Å². The maximum Gasteiger partial charge on any atom is 0.416 e. The van der Waals surface area contributed by atoms with Crippen molar-refractivity contribution in [3.8, 4) is 0 Å². The predicted molar refractivity (Wildman–Crippen MR) is 84.6 cm³/mol. The lowest BCUT2D eigenvalue weighted by Gasteiger charge is -2.40. The van der Waals surface area contributed by atoms with E-state index in [2.05, 4.69) is 5.32 Å². The number of rotatable bonds is 3. The maximum absolute atomic E-state index is 12.8. The largest absolute Gasteiger partial charge is 0.416 e. The van der Waals surface area contributed by atoms with Crippen LogP contribution in [0.25, 0.3) is 0 Å². The van der Waals surface area contributed by atoms with Gasteiger partial charge in [0.05, 0.1) is 22.9 Å². The average Bonchev–Trinajstić information content (AvgIpc) is 2.95. The molecule has 0 spiro atoms. The van der Waals surface area contributed by atoms with Gasteiger partial charge in [0.15, 0.2) is 6.17 Å². The molecule has 25 heavy (non-hydrogen) atoms. The van der Waals surface area contributed by atoms with E-state index in [4.69, 9.17) is 0 Å². The van der Waals surface area contributed by atoms with Crippen molar-refractivity contribution in [3.63, 3.8) is 0 Å². The van der Waals surface area contributed by atoms with Crippen molar-refractivity contribution in [2.24, 2.45) is 0 Å². The van der Waals surface area contributed by atoms with Crippen molar-refractivity contribution in [1.82, 2.24) is 10.3 Å². The van der Waals surface area contributed by atoms with Crippen molar-refractivity contribution in [3.05, 3.63) is 34.7 Å². The van der Waals surface area contributed by atoms with Gasteiger partial charge in [-0.15, -0.1) is 5.01 Å². The molecule has 3 rings (SSSR count). The molecule has 1 aromatic carbocycles. The van der Waals surface area contributed by atoms with Gasteiger partial charge in [-0.3, -0.25) is 4.79 Å². The summed E-state index contributed by atoms with van der Waals surface area (Å²) in [6.07, 6.45) is -3.66. The fourth-order valence-corrected chi connectivity index (χ4v) is 3.36. The Morgan fingerprint density at radius 1 is 1.28 bits per heavy atom. The quantitative estimate of drug-likeness (QED) is 0.843. The second-order valence-corrected chi connectivity index (χ2v) is 6.28. The van der Waals surface area contributed by atoms with Crippen molar-refractivity contribution >= 4 is 11.6 Å². The van der Waals surface area contributed by atoms with Crippen LogP contribution in [0.15, 0.2) is 24.3 Å². The van der Waals surface area contributed by atoms with Gasteiger partial charge < -0.3 is 10.2 Å². The van der Waals surface area contributed by atoms with Gasteiger partial charge >= 0.3 is 6.18 Å². The first-order valence-electron chi connectivity index (χ1n) is 8.24. The van der Waals surface area contributed by atoms with Gasteiger partial charge in [0, 0.05) is 18.7 Å². The van der Waals surface area contributed by atoms with Crippen molar-refractivity contribution in [2.45, 2.75) is 38.1 Å². The number of nitrogens with zero attached hydrogens (tertiary/aromatic N) is 3. The summed E-state index contributed by atoms with van der Waals surface area (Å²) in [7, 11) is 0. The fraction of sp³-hybridized carbons (Fsp3) is 0.562. The molecule has 2 fully saturated rings. The Bertz CT molecular complexity index is 662. The van der Waals surface area contributed by atoms with Crippen LogP contribution in [0.4, 0.5) is 18.9 Å². The van der Waals surface area contributed by atoms with E-state index in [-0.39, 0.29) is 18.1 Å². The maximum atomic E-state index is 12.8. The molecule has 136 valence electrons. The smallest absolute Gasteiger partial charge is 0.350 e. The first-order valence-corrected chi connectivity index (χ1v) is 8.24. The molecule has 0 radical (unpaired) electrons. The highest BCUT2D eigenvalue weighted by atomic mass is 19.4. The molecule has 2 unspecified atom stereocenters. The fourth-order valence-electron chi connectivity index (χ4n) is 3.36. The minimum absolute atomic E-state index is 0.118. The van der Waals surface area contributed by atoms with E-state index < -0.39 is 11.7 Å². The molecule has 2 heterocycles. The van der Waals surface area contributed by atoms with E-state index in [9.17, 15) is 22.9 Å². The lowest BCUT2D eigenvalue weighted by atomic mass is 10.1. The highest BCUT2D eigenvalue weighted by molar-refractivity contribution is 5.76.